The van der Waals surface area contributed by atoms with Crippen molar-refractivity contribution in [2.75, 3.05) is 70.8 Å². The van der Waals surface area contributed by atoms with Crippen LogP contribution in [0.2, 0.25) is 0 Å². The Balaban J connectivity index is 0.934. The molecule has 2 N–H and O–H groups in total. The van der Waals surface area contributed by atoms with E-state index >= 15 is 0 Å². The summed E-state index contributed by atoms with van der Waals surface area (Å²) in [6.45, 7) is 13.2. The topological polar surface area (TPSA) is 101 Å². The van der Waals surface area contributed by atoms with Gasteiger partial charge in [0.2, 0.25) is 5.91 Å². The number of urea groups is 1. The summed E-state index contributed by atoms with van der Waals surface area (Å²) in [4.78, 5) is 55.7. The van der Waals surface area contributed by atoms with E-state index in [0.29, 0.717) is 58.0 Å². The highest BCUT2D eigenvalue weighted by Crippen LogP contribution is 2.30. The number of rotatable bonds is 11. The van der Waals surface area contributed by atoms with Crippen LogP contribution < -0.4 is 10.6 Å². The summed E-state index contributed by atoms with van der Waals surface area (Å²) in [6, 6.07) is 14.2. The molecule has 0 radical (unpaired) electrons. The van der Waals surface area contributed by atoms with Crippen LogP contribution in [-0.2, 0) is 35.3 Å². The van der Waals surface area contributed by atoms with Crippen molar-refractivity contribution in [3.63, 3.8) is 0 Å². The minimum absolute atomic E-state index is 0.0332. The fourth-order valence-electron chi connectivity index (χ4n) is 8.83. The van der Waals surface area contributed by atoms with Crippen LogP contribution >= 0.6 is 0 Å². The molecule has 52 heavy (non-hydrogen) atoms. The van der Waals surface area contributed by atoms with Crippen molar-refractivity contribution in [1.82, 2.24) is 30.0 Å². The number of piperidine rings is 2. The summed E-state index contributed by atoms with van der Waals surface area (Å²) in [5, 5.41) is 7.74. The maximum atomic E-state index is 14.2. The average Bonchev–Trinajstić information content (AvgIpc) is 4.01. The maximum Gasteiger partial charge on any atom is 0.426 e. The van der Waals surface area contributed by atoms with Crippen LogP contribution in [0.4, 0.5) is 15.3 Å². The normalized spacial score (nSPS) is 22.0. The molecule has 282 valence electrons. The summed E-state index contributed by atoms with van der Waals surface area (Å²) in [7, 11) is 0. The standard InChI is InChI=1S/C41H59N7O4/c1-3-32-12-11-31(27-33(32)4-2)28-38(39(49)46-18-14-35(15-19-46)45-25-23-44(24-26-45)29-30-9-10-30)43-41(51)52-47-20-16-36(17-21-47)48-22-13-34-7-5-6-8-37(34)42-40(48)50/h5-8,11-12,27,30,35-36,38H,3-4,9-10,13-26,28-29H2,1-2H3,(H,42,50)(H,43,51)/t38-/m1/s1. The number of carbonyl (C=O) groups is 3. The van der Waals surface area contributed by atoms with E-state index < -0.39 is 12.1 Å². The lowest BCUT2D eigenvalue weighted by Crippen LogP contribution is -2.56. The summed E-state index contributed by atoms with van der Waals surface area (Å²) in [5.41, 5.74) is 5.68. The Bertz CT molecular complexity index is 1540. The molecule has 2 aromatic carbocycles. The first-order chi connectivity index (χ1) is 25.4. The summed E-state index contributed by atoms with van der Waals surface area (Å²) >= 11 is 0. The zero-order chi connectivity index (χ0) is 36.0. The number of piperazine rings is 1. The molecule has 4 fully saturated rings. The highest BCUT2D eigenvalue weighted by Gasteiger charge is 2.35. The van der Waals surface area contributed by atoms with Crippen LogP contribution in [0.25, 0.3) is 0 Å². The van der Waals surface area contributed by atoms with E-state index in [-0.39, 0.29) is 18.0 Å². The highest BCUT2D eigenvalue weighted by atomic mass is 16.7. The molecule has 4 heterocycles. The number of nitrogens with one attached hydrogen (secondary N) is 2. The number of hydrogen-bond donors (Lipinski definition) is 2. The number of carbonyl (C=O) groups excluding carboxylic acids is 3. The number of anilines is 1. The Morgan fingerprint density at radius 1 is 0.827 bits per heavy atom. The van der Waals surface area contributed by atoms with E-state index in [9.17, 15) is 14.4 Å². The first-order valence-electron chi connectivity index (χ1n) is 20.1. The number of benzene rings is 2. The van der Waals surface area contributed by atoms with E-state index in [4.69, 9.17) is 4.84 Å². The minimum Gasteiger partial charge on any atom is -0.351 e. The summed E-state index contributed by atoms with van der Waals surface area (Å²) in [5.74, 6) is 0.900. The van der Waals surface area contributed by atoms with Gasteiger partial charge in [-0.3, -0.25) is 9.69 Å². The molecule has 0 unspecified atom stereocenters. The Morgan fingerprint density at radius 3 is 2.25 bits per heavy atom. The molecule has 1 aliphatic carbocycles. The van der Waals surface area contributed by atoms with Crippen LogP contribution in [0.1, 0.15) is 74.6 Å². The minimum atomic E-state index is -0.716. The van der Waals surface area contributed by atoms with Crippen molar-refractivity contribution >= 4 is 23.7 Å². The fraction of sp³-hybridized carbons (Fsp3) is 0.634. The van der Waals surface area contributed by atoms with E-state index in [1.807, 2.05) is 28.0 Å². The van der Waals surface area contributed by atoms with Crippen LogP contribution in [0, 0.1) is 5.92 Å². The van der Waals surface area contributed by atoms with Crippen molar-refractivity contribution in [3.05, 3.63) is 64.7 Å². The number of fused-ring (bicyclic) bond motifs is 1. The van der Waals surface area contributed by atoms with E-state index in [0.717, 1.165) is 81.0 Å². The van der Waals surface area contributed by atoms with Gasteiger partial charge in [-0.1, -0.05) is 50.2 Å². The molecule has 7 rings (SSSR count). The largest absolute Gasteiger partial charge is 0.426 e. The lowest BCUT2D eigenvalue weighted by Gasteiger charge is -2.43. The Morgan fingerprint density at radius 2 is 1.54 bits per heavy atom. The Labute approximate surface area is 309 Å². The second-order valence-corrected chi connectivity index (χ2v) is 15.6. The zero-order valence-electron chi connectivity index (χ0n) is 31.4. The number of hydrogen-bond acceptors (Lipinski definition) is 7. The second kappa shape index (κ2) is 17.0. The maximum absolute atomic E-state index is 14.2. The molecule has 11 nitrogen and oxygen atoms in total. The van der Waals surface area contributed by atoms with Crippen LogP contribution in [0.15, 0.2) is 42.5 Å². The van der Waals surface area contributed by atoms with Gasteiger partial charge in [-0.25, -0.2) is 9.59 Å². The first kappa shape index (κ1) is 36.7. The third kappa shape index (κ3) is 9.09. The molecule has 0 spiro atoms. The van der Waals surface area contributed by atoms with Crippen molar-refractivity contribution < 1.29 is 19.2 Å². The zero-order valence-corrected chi connectivity index (χ0v) is 31.4. The molecule has 1 atom stereocenters. The number of likely N-dealkylation sites (tertiary alicyclic amines) is 1. The molecule has 4 amide bonds. The smallest absolute Gasteiger partial charge is 0.351 e. The molecule has 5 aliphatic rings. The predicted octanol–water partition coefficient (Wildman–Crippen LogP) is 4.94. The van der Waals surface area contributed by atoms with Gasteiger partial charge in [0.05, 0.1) is 0 Å². The van der Waals surface area contributed by atoms with Gasteiger partial charge in [-0.05, 0) is 92.0 Å². The molecule has 11 heteroatoms. The average molecular weight is 714 g/mol. The number of nitrogens with zero attached hydrogens (tertiary/aromatic N) is 5. The van der Waals surface area contributed by atoms with E-state index in [2.05, 4.69) is 58.5 Å². The SMILES string of the molecule is CCc1ccc(C[C@@H](NC(=O)ON2CCC(N3CCc4ccccc4NC3=O)CC2)C(=O)N2CCC(N3CCN(CC4CC4)CC3)CC2)cc1CC. The number of aryl methyl sites for hydroxylation is 2. The van der Waals surface area contributed by atoms with Crippen molar-refractivity contribution in [3.8, 4) is 0 Å². The van der Waals surface area contributed by atoms with Crippen LogP contribution in [0.5, 0.6) is 0 Å². The lowest BCUT2D eigenvalue weighted by molar-refractivity contribution is -0.137. The molecule has 3 saturated heterocycles. The monoisotopic (exact) mass is 713 g/mol. The van der Waals surface area contributed by atoms with E-state index in [1.54, 1.807) is 5.06 Å². The molecular weight excluding hydrogens is 654 g/mol. The van der Waals surface area contributed by atoms with Gasteiger partial charge in [0, 0.05) is 89.6 Å². The van der Waals surface area contributed by atoms with Gasteiger partial charge in [-0.2, -0.15) is 0 Å². The predicted molar refractivity (Wildman–Crippen MR) is 203 cm³/mol. The molecule has 0 aromatic heterocycles. The van der Waals surface area contributed by atoms with Crippen molar-refractivity contribution in [2.24, 2.45) is 5.92 Å². The van der Waals surface area contributed by atoms with Crippen molar-refractivity contribution in [2.45, 2.75) is 96.2 Å². The summed E-state index contributed by atoms with van der Waals surface area (Å²) < 4.78 is 0. The molecular formula is C41H59N7O4. The third-order valence-corrected chi connectivity index (χ3v) is 12.2. The number of amides is 4. The van der Waals surface area contributed by atoms with Crippen molar-refractivity contribution in [1.29, 1.82) is 0 Å². The second-order valence-electron chi connectivity index (χ2n) is 15.6. The third-order valence-electron chi connectivity index (χ3n) is 12.2. The lowest BCUT2D eigenvalue weighted by atomic mass is 9.95. The number of hydroxylamine groups is 2. The quantitative estimate of drug-likeness (QED) is 0.341. The first-order valence-corrected chi connectivity index (χ1v) is 20.1. The number of para-hydroxylation sites is 1. The molecule has 4 aliphatic heterocycles. The molecule has 1 saturated carbocycles. The fourth-order valence-corrected chi connectivity index (χ4v) is 8.83. The van der Waals surface area contributed by atoms with Crippen LogP contribution in [0.3, 0.4) is 0 Å². The van der Waals surface area contributed by atoms with Gasteiger partial charge in [-0.15, -0.1) is 5.06 Å². The van der Waals surface area contributed by atoms with Crippen LogP contribution in [-0.4, -0.2) is 126 Å². The molecule has 0 bridgehead atoms. The summed E-state index contributed by atoms with van der Waals surface area (Å²) in [6.07, 6.45) is 8.66. The van der Waals surface area contributed by atoms with Gasteiger partial charge in [0.15, 0.2) is 0 Å². The Kier molecular flexibility index (Phi) is 12.0. The van der Waals surface area contributed by atoms with Gasteiger partial charge in [0.25, 0.3) is 0 Å². The van der Waals surface area contributed by atoms with Gasteiger partial charge in [0.1, 0.15) is 6.04 Å². The van der Waals surface area contributed by atoms with E-state index in [1.165, 1.54) is 30.5 Å². The molecule has 2 aromatic rings. The van der Waals surface area contributed by atoms with Gasteiger partial charge < -0.3 is 30.2 Å². The van der Waals surface area contributed by atoms with Gasteiger partial charge >= 0.3 is 12.1 Å². The Hall–Kier alpha value is -3.67. The highest BCUT2D eigenvalue weighted by molar-refractivity contribution is 5.91.